The Morgan fingerprint density at radius 1 is 1.16 bits per heavy atom. The Balaban J connectivity index is 1.60. The normalized spacial score (nSPS) is 17.6. The number of hydrogen-bond donors (Lipinski definition) is 0. The van der Waals surface area contributed by atoms with Crippen LogP contribution in [0.15, 0.2) is 64.1 Å². The number of esters is 1. The lowest BCUT2D eigenvalue weighted by atomic mass is 9.70. The highest BCUT2D eigenvalue weighted by Gasteiger charge is 2.56. The van der Waals surface area contributed by atoms with Gasteiger partial charge in [0, 0.05) is 24.7 Å². The molecule has 9 nitrogen and oxygen atoms in total. The number of β-lactam (4-membered cyclic amide) rings is 1. The molecule has 1 aliphatic rings. The Morgan fingerprint density at radius 2 is 1.84 bits per heavy atom. The molecule has 0 saturated carbocycles. The number of fused-ring (bicyclic) bond motifs is 1. The molecule has 1 aliphatic heterocycles. The zero-order valence-corrected chi connectivity index (χ0v) is 29.0. The predicted molar refractivity (Wildman–Crippen MR) is 176 cm³/mol. The molecule has 1 fully saturated rings. The number of aromatic nitrogens is 1. The second-order valence-corrected chi connectivity index (χ2v) is 18.0. The highest BCUT2D eigenvalue weighted by molar-refractivity contribution is 8.77. The number of thiazole rings is 1. The maximum absolute atomic E-state index is 14.0. The fourth-order valence-electron chi connectivity index (χ4n) is 4.84. The molecule has 3 aromatic rings. The van der Waals surface area contributed by atoms with E-state index in [2.05, 4.69) is 33.9 Å². The summed E-state index contributed by atoms with van der Waals surface area (Å²) >= 11 is 1.60. The molecule has 0 radical (unpaired) electrons. The number of non-ortho nitro benzene ring substituents is 1. The zero-order chi connectivity index (χ0) is 31.5. The van der Waals surface area contributed by atoms with Gasteiger partial charge >= 0.3 is 5.97 Å². The smallest absolute Gasteiger partial charge is 0.355 e. The van der Waals surface area contributed by atoms with E-state index in [1.165, 1.54) is 33.7 Å². The van der Waals surface area contributed by atoms with Crippen LogP contribution in [-0.2, 0) is 25.4 Å². The molecule has 1 aromatic heterocycles. The molecular weight excluding hydrogens is 623 g/mol. The lowest BCUT2D eigenvalue weighted by Crippen LogP contribution is -2.64. The maximum Gasteiger partial charge on any atom is 0.355 e. The van der Waals surface area contributed by atoms with Crippen molar-refractivity contribution in [1.29, 1.82) is 0 Å². The lowest BCUT2D eigenvalue weighted by Gasteiger charge is -2.52. The Kier molecular flexibility index (Phi) is 10.8. The average Bonchev–Trinajstić information content (AvgIpc) is 3.36. The van der Waals surface area contributed by atoms with Gasteiger partial charge in [0.15, 0.2) is 13.4 Å². The van der Waals surface area contributed by atoms with Gasteiger partial charge in [0.05, 0.1) is 21.1 Å². The maximum atomic E-state index is 14.0. The predicted octanol–water partition coefficient (Wildman–Crippen LogP) is 7.43. The fraction of sp³-hybridized carbons (Fsp3) is 0.433. The van der Waals surface area contributed by atoms with Crippen LogP contribution in [0, 0.1) is 27.4 Å². The van der Waals surface area contributed by atoms with E-state index in [0.29, 0.717) is 17.7 Å². The topological polar surface area (TPSA) is 112 Å². The number of para-hydroxylation sites is 1. The summed E-state index contributed by atoms with van der Waals surface area (Å²) in [6, 6.07) is 13.8. The van der Waals surface area contributed by atoms with Crippen molar-refractivity contribution in [1.82, 2.24) is 9.88 Å². The summed E-state index contributed by atoms with van der Waals surface area (Å²) in [7, 11) is 1.71. The molecule has 13 heteroatoms. The number of benzene rings is 2. The summed E-state index contributed by atoms with van der Waals surface area (Å²) < 4.78 is 13.8. The molecule has 1 amide bonds. The van der Waals surface area contributed by atoms with E-state index in [9.17, 15) is 19.7 Å². The van der Waals surface area contributed by atoms with E-state index in [1.54, 1.807) is 42.2 Å². The van der Waals surface area contributed by atoms with Gasteiger partial charge in [0.1, 0.15) is 17.7 Å². The van der Waals surface area contributed by atoms with Crippen LogP contribution in [0.5, 0.6) is 0 Å². The summed E-state index contributed by atoms with van der Waals surface area (Å²) in [6.45, 7) is 14.6. The molecule has 0 bridgehead atoms. The van der Waals surface area contributed by atoms with Crippen molar-refractivity contribution >= 4 is 69.7 Å². The van der Waals surface area contributed by atoms with Gasteiger partial charge in [0.25, 0.3) is 5.69 Å². The van der Waals surface area contributed by atoms with Gasteiger partial charge in [-0.1, -0.05) is 43.7 Å². The molecule has 2 aromatic carbocycles. The van der Waals surface area contributed by atoms with Gasteiger partial charge in [-0.2, -0.15) is 0 Å². The SMILES string of the molecule is CC(C)=C(C(=O)OCc1ccc([N+](=O)[O-])cc1)N1C(=O)[C@H]([C@@H](CO[SiH](C)C)C(C)(C)C)[C@H]1SSc1nc2ccccc2s1. The molecule has 2 heterocycles. The number of nitrogens with zero attached hydrogens (tertiary/aromatic N) is 3. The Hall–Kier alpha value is -2.71. The number of rotatable bonds is 12. The number of likely N-dealkylation sites (tertiary alicyclic amines) is 1. The van der Waals surface area contributed by atoms with Crippen LogP contribution in [0.1, 0.15) is 40.2 Å². The van der Waals surface area contributed by atoms with E-state index in [4.69, 9.17) is 14.1 Å². The first-order chi connectivity index (χ1) is 20.3. The minimum absolute atomic E-state index is 0.0414. The number of ether oxygens (including phenoxy) is 1. The number of amides is 1. The number of allylic oxidation sites excluding steroid dienone is 1. The van der Waals surface area contributed by atoms with Crippen molar-refractivity contribution in [3.8, 4) is 0 Å². The highest BCUT2D eigenvalue weighted by atomic mass is 33.1. The van der Waals surface area contributed by atoms with Gasteiger partial charge in [-0.05, 0) is 78.6 Å². The monoisotopic (exact) mass is 659 g/mol. The number of carbonyl (C=O) groups is 2. The molecule has 0 spiro atoms. The van der Waals surface area contributed by atoms with Crippen LogP contribution in [0.3, 0.4) is 0 Å². The second-order valence-electron chi connectivity index (χ2n) is 12.0. The van der Waals surface area contributed by atoms with E-state index in [-0.39, 0.29) is 46.5 Å². The van der Waals surface area contributed by atoms with E-state index in [0.717, 1.165) is 14.6 Å². The number of nitro groups is 1. The van der Waals surface area contributed by atoms with Crippen LogP contribution >= 0.6 is 32.9 Å². The van der Waals surface area contributed by atoms with Crippen LogP contribution in [0.4, 0.5) is 5.69 Å². The molecule has 0 unspecified atom stereocenters. The third-order valence-electron chi connectivity index (χ3n) is 7.16. The highest BCUT2D eigenvalue weighted by Crippen LogP contribution is 2.53. The quantitative estimate of drug-likeness (QED) is 0.0373. The number of hydrogen-bond acceptors (Lipinski definition) is 10. The Labute approximate surface area is 265 Å². The van der Waals surface area contributed by atoms with Crippen LogP contribution in [-0.4, -0.2) is 47.7 Å². The first-order valence-electron chi connectivity index (χ1n) is 14.0. The summed E-state index contributed by atoms with van der Waals surface area (Å²) in [6.07, 6.45) is 0. The van der Waals surface area contributed by atoms with Crippen LogP contribution in [0.25, 0.3) is 10.2 Å². The average molecular weight is 660 g/mol. The van der Waals surface area contributed by atoms with Crippen molar-refractivity contribution < 1.29 is 23.7 Å². The van der Waals surface area contributed by atoms with E-state index >= 15 is 0 Å². The van der Waals surface area contributed by atoms with Crippen LogP contribution < -0.4 is 0 Å². The molecule has 0 aliphatic carbocycles. The van der Waals surface area contributed by atoms with Crippen molar-refractivity contribution in [3.05, 3.63) is 75.5 Å². The van der Waals surface area contributed by atoms with Gasteiger partial charge in [-0.25, -0.2) is 9.78 Å². The first kappa shape index (κ1) is 33.2. The summed E-state index contributed by atoms with van der Waals surface area (Å²) in [5.74, 6) is -1.16. The van der Waals surface area contributed by atoms with Gasteiger partial charge in [0.2, 0.25) is 5.91 Å². The number of nitro benzene ring substituents is 1. The second kappa shape index (κ2) is 13.9. The molecule has 230 valence electrons. The molecule has 0 N–H and O–H groups in total. The van der Waals surface area contributed by atoms with Crippen LogP contribution in [0.2, 0.25) is 13.1 Å². The van der Waals surface area contributed by atoms with E-state index < -0.39 is 19.9 Å². The summed E-state index contributed by atoms with van der Waals surface area (Å²) in [5.41, 5.74) is 2.17. The third kappa shape index (κ3) is 7.87. The van der Waals surface area contributed by atoms with Crippen molar-refractivity contribution in [2.24, 2.45) is 17.3 Å². The van der Waals surface area contributed by atoms with Gasteiger partial charge in [-0.15, -0.1) is 11.3 Å². The first-order valence-corrected chi connectivity index (χ1v) is 19.8. The summed E-state index contributed by atoms with van der Waals surface area (Å²) in [5, 5.41) is 10.6. The van der Waals surface area contributed by atoms with Gasteiger partial charge in [-0.3, -0.25) is 19.8 Å². The van der Waals surface area contributed by atoms with Crippen molar-refractivity contribution in [2.75, 3.05) is 6.61 Å². The third-order valence-corrected chi connectivity index (χ3v) is 12.0. The van der Waals surface area contributed by atoms with E-state index in [1.807, 2.05) is 24.3 Å². The molecular formula is C30H37N3O6S3Si. The minimum atomic E-state index is -1.33. The fourth-order valence-corrected chi connectivity index (χ4v) is 9.50. The largest absolute Gasteiger partial charge is 0.456 e. The summed E-state index contributed by atoms with van der Waals surface area (Å²) in [4.78, 5) is 44.4. The molecule has 4 rings (SSSR count). The van der Waals surface area contributed by atoms with Crippen molar-refractivity contribution in [3.63, 3.8) is 0 Å². The van der Waals surface area contributed by atoms with Crippen molar-refractivity contribution in [2.45, 2.75) is 64.0 Å². The number of carbonyl (C=O) groups excluding carboxylic acids is 2. The van der Waals surface area contributed by atoms with Gasteiger partial charge < -0.3 is 9.16 Å². The standard InChI is InChI=1S/C30H37N3O6S3Si/c1-18(2)25(28(35)38-16-19-12-14-20(15-13-19)33(36)37)32-26(34)24(21(30(3,4)5)17-39-43(6)7)27(32)41-42-29-31-22-10-8-9-11-23(22)40-29/h8-15,21,24,27,43H,16-17H2,1-7H3/t21-,24+,27-/m1/s1. The Bertz CT molecular complexity index is 1480. The minimum Gasteiger partial charge on any atom is -0.456 e. The molecule has 1 saturated heterocycles. The molecule has 43 heavy (non-hydrogen) atoms. The zero-order valence-electron chi connectivity index (χ0n) is 25.4. The molecule has 3 atom stereocenters. The Morgan fingerprint density at radius 3 is 2.42 bits per heavy atom. The lowest BCUT2D eigenvalue weighted by molar-refractivity contribution is -0.384.